The fourth-order valence-corrected chi connectivity index (χ4v) is 2.45. The number of nitrogens with one attached hydrogen (secondary N) is 1. The van der Waals surface area contributed by atoms with E-state index < -0.39 is 17.9 Å². The molecule has 0 saturated heterocycles. The van der Waals surface area contributed by atoms with Crippen LogP contribution in [0.15, 0.2) is 22.7 Å². The van der Waals surface area contributed by atoms with Crippen LogP contribution in [0.2, 0.25) is 10.0 Å². The molecule has 0 bridgehead atoms. The molecule has 8 heteroatoms. The molecule has 0 aliphatic carbocycles. The highest BCUT2D eigenvalue weighted by Crippen LogP contribution is 2.36. The number of nitrogens with two attached hydrogens (primary N) is 1. The molecule has 2 rings (SSSR count). The van der Waals surface area contributed by atoms with Crippen molar-refractivity contribution < 1.29 is 14.1 Å². The molecular weight excluding hydrogens is 329 g/mol. The van der Waals surface area contributed by atoms with Gasteiger partial charge in [0, 0.05) is 5.56 Å². The average Bonchev–Trinajstić information content (AvgIpc) is 2.80. The van der Waals surface area contributed by atoms with Gasteiger partial charge in [-0.1, -0.05) is 34.4 Å². The number of benzene rings is 1. The van der Waals surface area contributed by atoms with Crippen LogP contribution < -0.4 is 11.1 Å². The minimum atomic E-state index is -0.837. The Kier molecular flexibility index (Phi) is 4.73. The molecule has 1 aromatic heterocycles. The summed E-state index contributed by atoms with van der Waals surface area (Å²) in [4.78, 5) is 23.4. The normalized spacial score (nSPS) is 12.0. The Morgan fingerprint density at radius 2 is 1.91 bits per heavy atom. The van der Waals surface area contributed by atoms with E-state index in [0.29, 0.717) is 15.6 Å². The van der Waals surface area contributed by atoms with E-state index in [1.165, 1.54) is 6.92 Å². The largest absolute Gasteiger partial charge is 0.368 e. The van der Waals surface area contributed by atoms with Gasteiger partial charge in [0.1, 0.15) is 23.1 Å². The molecule has 0 aliphatic rings. The zero-order chi connectivity index (χ0) is 16.4. The van der Waals surface area contributed by atoms with Gasteiger partial charge in [-0.2, -0.15) is 0 Å². The maximum atomic E-state index is 12.4. The van der Waals surface area contributed by atoms with Crippen molar-refractivity contribution in [2.24, 2.45) is 5.73 Å². The molecule has 0 radical (unpaired) electrons. The van der Waals surface area contributed by atoms with E-state index in [0.717, 1.165) is 0 Å². The van der Waals surface area contributed by atoms with Crippen LogP contribution in [-0.2, 0) is 4.79 Å². The van der Waals surface area contributed by atoms with Gasteiger partial charge in [-0.15, -0.1) is 0 Å². The quantitative estimate of drug-likeness (QED) is 0.892. The predicted molar refractivity (Wildman–Crippen MR) is 82.8 cm³/mol. The summed E-state index contributed by atoms with van der Waals surface area (Å²) in [6, 6.07) is 4.09. The summed E-state index contributed by atoms with van der Waals surface area (Å²) in [5.74, 6) is -0.920. The zero-order valence-corrected chi connectivity index (χ0v) is 13.3. The third kappa shape index (κ3) is 3.08. The fraction of sp³-hybridized carbons (Fsp3) is 0.214. The number of halogens is 2. The second kappa shape index (κ2) is 6.37. The molecule has 2 aromatic rings. The highest BCUT2D eigenvalue weighted by atomic mass is 35.5. The Hall–Kier alpha value is -2.05. The molecule has 116 valence electrons. The molecule has 1 atom stereocenters. The predicted octanol–water partition coefficient (Wildman–Crippen LogP) is 2.56. The SMILES string of the molecule is Cc1onc(-c2c(Cl)cccc2Cl)c1C(=O)N[C@H](C)C(N)=O. The Bertz CT molecular complexity index is 723. The molecule has 3 N–H and O–H groups in total. The van der Waals surface area contributed by atoms with Crippen molar-refractivity contribution in [1.82, 2.24) is 10.5 Å². The number of primary amides is 1. The number of aryl methyl sites for hydroxylation is 1. The van der Waals surface area contributed by atoms with Crippen molar-refractivity contribution in [3.8, 4) is 11.3 Å². The lowest BCUT2D eigenvalue weighted by Crippen LogP contribution is -2.42. The van der Waals surface area contributed by atoms with Crippen LogP contribution in [-0.4, -0.2) is 23.0 Å². The van der Waals surface area contributed by atoms with Gasteiger partial charge in [0.15, 0.2) is 0 Å². The number of hydrogen-bond acceptors (Lipinski definition) is 4. The fourth-order valence-electron chi connectivity index (χ4n) is 1.87. The van der Waals surface area contributed by atoms with E-state index >= 15 is 0 Å². The summed E-state index contributed by atoms with van der Waals surface area (Å²) in [6.45, 7) is 3.05. The number of hydrogen-bond donors (Lipinski definition) is 2. The second-order valence-electron chi connectivity index (χ2n) is 4.66. The lowest BCUT2D eigenvalue weighted by atomic mass is 10.1. The number of carbonyl (C=O) groups excluding carboxylic acids is 2. The van der Waals surface area contributed by atoms with Gasteiger partial charge in [-0.25, -0.2) is 0 Å². The second-order valence-corrected chi connectivity index (χ2v) is 5.47. The molecule has 0 fully saturated rings. The Morgan fingerprint density at radius 3 is 2.45 bits per heavy atom. The average molecular weight is 342 g/mol. The molecule has 1 aromatic carbocycles. The standard InChI is InChI=1S/C14H13Cl2N3O3/c1-6(13(17)20)18-14(21)10-7(2)22-19-12(10)11-8(15)4-3-5-9(11)16/h3-6H,1-2H3,(H2,17,20)(H,18,21)/t6-/m1/s1. The van der Waals surface area contributed by atoms with Crippen LogP contribution in [0.4, 0.5) is 0 Å². The maximum Gasteiger partial charge on any atom is 0.257 e. The van der Waals surface area contributed by atoms with Crippen LogP contribution >= 0.6 is 23.2 Å². The van der Waals surface area contributed by atoms with E-state index in [1.807, 2.05) is 0 Å². The van der Waals surface area contributed by atoms with E-state index in [9.17, 15) is 9.59 Å². The minimum absolute atomic E-state index is 0.156. The smallest absolute Gasteiger partial charge is 0.257 e. The topological polar surface area (TPSA) is 98.2 Å². The molecule has 6 nitrogen and oxygen atoms in total. The van der Waals surface area contributed by atoms with Crippen molar-refractivity contribution in [2.45, 2.75) is 19.9 Å². The number of rotatable bonds is 4. The van der Waals surface area contributed by atoms with Gasteiger partial charge < -0.3 is 15.6 Å². The monoisotopic (exact) mass is 341 g/mol. The highest BCUT2D eigenvalue weighted by molar-refractivity contribution is 6.39. The van der Waals surface area contributed by atoms with E-state index in [2.05, 4.69) is 10.5 Å². The Balaban J connectivity index is 2.49. The first-order valence-corrected chi connectivity index (χ1v) is 7.09. The first kappa shape index (κ1) is 16.3. The van der Waals surface area contributed by atoms with Gasteiger partial charge in [-0.05, 0) is 26.0 Å². The minimum Gasteiger partial charge on any atom is -0.368 e. The van der Waals surface area contributed by atoms with Crippen LogP contribution in [0.5, 0.6) is 0 Å². The molecule has 22 heavy (non-hydrogen) atoms. The summed E-state index contributed by atoms with van der Waals surface area (Å²) >= 11 is 12.3. The van der Waals surface area contributed by atoms with E-state index in [1.54, 1.807) is 25.1 Å². The summed E-state index contributed by atoms with van der Waals surface area (Å²) in [7, 11) is 0. The van der Waals surface area contributed by atoms with Crippen LogP contribution in [0, 0.1) is 6.92 Å². The molecular formula is C14H13Cl2N3O3. The molecule has 0 saturated carbocycles. The summed E-state index contributed by atoms with van der Waals surface area (Å²) in [5.41, 5.74) is 5.89. The van der Waals surface area contributed by atoms with Crippen molar-refractivity contribution in [3.63, 3.8) is 0 Å². The number of nitrogens with zero attached hydrogens (tertiary/aromatic N) is 1. The lowest BCUT2D eigenvalue weighted by Gasteiger charge is -2.11. The molecule has 0 aliphatic heterocycles. The van der Waals surface area contributed by atoms with Gasteiger partial charge in [0.2, 0.25) is 5.91 Å². The number of aromatic nitrogens is 1. The third-order valence-electron chi connectivity index (χ3n) is 3.06. The van der Waals surface area contributed by atoms with Gasteiger partial charge >= 0.3 is 0 Å². The molecule has 2 amide bonds. The first-order chi connectivity index (χ1) is 10.3. The first-order valence-electron chi connectivity index (χ1n) is 6.33. The summed E-state index contributed by atoms with van der Waals surface area (Å²) in [6.07, 6.45) is 0. The molecule has 1 heterocycles. The van der Waals surface area contributed by atoms with Gasteiger partial charge in [0.25, 0.3) is 5.91 Å². The highest BCUT2D eigenvalue weighted by Gasteiger charge is 2.26. The van der Waals surface area contributed by atoms with Crippen molar-refractivity contribution in [1.29, 1.82) is 0 Å². The van der Waals surface area contributed by atoms with Crippen molar-refractivity contribution in [2.75, 3.05) is 0 Å². The van der Waals surface area contributed by atoms with E-state index in [-0.39, 0.29) is 17.0 Å². The Labute approximate surface area is 136 Å². The maximum absolute atomic E-state index is 12.4. The van der Waals surface area contributed by atoms with E-state index in [4.69, 9.17) is 33.5 Å². The van der Waals surface area contributed by atoms with Crippen molar-refractivity contribution >= 4 is 35.0 Å². The Morgan fingerprint density at radius 1 is 1.32 bits per heavy atom. The lowest BCUT2D eigenvalue weighted by molar-refractivity contribution is -0.119. The number of amides is 2. The third-order valence-corrected chi connectivity index (χ3v) is 3.69. The molecule has 0 unspecified atom stereocenters. The van der Waals surface area contributed by atoms with Crippen LogP contribution in [0.1, 0.15) is 23.0 Å². The van der Waals surface area contributed by atoms with Crippen LogP contribution in [0.3, 0.4) is 0 Å². The summed E-state index contributed by atoms with van der Waals surface area (Å²) < 4.78 is 5.08. The number of carbonyl (C=O) groups is 2. The van der Waals surface area contributed by atoms with Gasteiger partial charge in [0.05, 0.1) is 10.0 Å². The van der Waals surface area contributed by atoms with Crippen LogP contribution in [0.25, 0.3) is 11.3 Å². The van der Waals surface area contributed by atoms with Crippen molar-refractivity contribution in [3.05, 3.63) is 39.6 Å². The molecule has 0 spiro atoms. The van der Waals surface area contributed by atoms with Gasteiger partial charge in [-0.3, -0.25) is 9.59 Å². The summed E-state index contributed by atoms with van der Waals surface area (Å²) in [5, 5.41) is 6.99. The zero-order valence-electron chi connectivity index (χ0n) is 11.8.